The number of hydrogen-bond acceptors (Lipinski definition) is 4. The van der Waals surface area contributed by atoms with Crippen molar-refractivity contribution in [1.82, 2.24) is 0 Å². The molecule has 0 N–H and O–H groups in total. The molecule has 2 saturated heterocycles. The maximum Gasteiger partial charge on any atom is 0.305 e. The minimum atomic E-state index is -0.0463. The molecule has 130 valence electrons. The molecule has 0 aromatic carbocycles. The van der Waals surface area contributed by atoms with Crippen LogP contribution in [-0.4, -0.2) is 25.2 Å². The highest BCUT2D eigenvalue weighted by Crippen LogP contribution is 2.04. The summed E-state index contributed by atoms with van der Waals surface area (Å²) in [5.74, 6) is -0.0822. The van der Waals surface area contributed by atoms with Crippen LogP contribution in [0.1, 0.15) is 87.5 Å². The van der Waals surface area contributed by atoms with E-state index in [4.69, 9.17) is 0 Å². The van der Waals surface area contributed by atoms with E-state index in [0.29, 0.717) is 26.1 Å². The lowest BCUT2D eigenvalue weighted by Gasteiger charge is -2.08. The van der Waals surface area contributed by atoms with E-state index in [1.807, 2.05) is 55.4 Å². The van der Waals surface area contributed by atoms with E-state index in [9.17, 15) is 9.59 Å². The second kappa shape index (κ2) is 31.4. The summed E-state index contributed by atoms with van der Waals surface area (Å²) < 4.78 is 9.15. The van der Waals surface area contributed by atoms with E-state index in [1.165, 1.54) is 0 Å². The number of rotatable bonds is 0. The molecule has 2 aliphatic rings. The van der Waals surface area contributed by atoms with Crippen molar-refractivity contribution in [2.45, 2.75) is 87.5 Å². The fourth-order valence-electron chi connectivity index (χ4n) is 1.10. The summed E-state index contributed by atoms with van der Waals surface area (Å²) in [6, 6.07) is 0. The first-order chi connectivity index (χ1) is 10.3. The van der Waals surface area contributed by atoms with Gasteiger partial charge in [0.2, 0.25) is 0 Å². The lowest BCUT2D eigenvalue weighted by molar-refractivity contribution is -0.146. The smallest absolute Gasteiger partial charge is 0.305 e. The molecule has 2 rings (SSSR count). The second-order valence-electron chi connectivity index (χ2n) is 3.00. The highest BCUT2D eigenvalue weighted by Gasteiger charge is 2.08. The number of esters is 2. The van der Waals surface area contributed by atoms with Crippen LogP contribution in [0.5, 0.6) is 0 Å². The van der Waals surface area contributed by atoms with Gasteiger partial charge in [0.25, 0.3) is 0 Å². The molecule has 0 amide bonds. The van der Waals surface area contributed by atoms with Crippen molar-refractivity contribution >= 4 is 11.9 Å². The van der Waals surface area contributed by atoms with E-state index in [0.717, 1.165) is 19.3 Å². The lowest BCUT2D eigenvalue weighted by atomic mass is 10.2. The molecule has 0 spiro atoms. The summed E-state index contributed by atoms with van der Waals surface area (Å²) in [7, 11) is 0. The summed E-state index contributed by atoms with van der Waals surface area (Å²) >= 11 is 0. The highest BCUT2D eigenvalue weighted by molar-refractivity contribution is 5.70. The Morgan fingerprint density at radius 2 is 0.905 bits per heavy atom. The van der Waals surface area contributed by atoms with Gasteiger partial charge in [0.05, 0.1) is 13.2 Å². The van der Waals surface area contributed by atoms with E-state index >= 15 is 0 Å². The van der Waals surface area contributed by atoms with Crippen LogP contribution in [0.4, 0.5) is 0 Å². The molecule has 0 saturated carbocycles. The van der Waals surface area contributed by atoms with Crippen molar-refractivity contribution in [3.8, 4) is 0 Å². The predicted octanol–water partition coefficient (Wildman–Crippen LogP) is 5.14. The molecule has 0 aliphatic carbocycles. The Kier molecular flexibility index (Phi) is 42.1. The van der Waals surface area contributed by atoms with E-state index in [2.05, 4.69) is 9.47 Å². The van der Waals surface area contributed by atoms with Gasteiger partial charge in [0.1, 0.15) is 0 Å². The van der Waals surface area contributed by atoms with Crippen molar-refractivity contribution in [2.24, 2.45) is 0 Å². The third-order valence-corrected chi connectivity index (χ3v) is 1.83. The topological polar surface area (TPSA) is 52.6 Å². The highest BCUT2D eigenvalue weighted by atomic mass is 16.5. The lowest BCUT2D eigenvalue weighted by Crippen LogP contribution is -2.10. The average Bonchev–Trinajstić information content (AvgIpc) is 3.07. The summed E-state index contributed by atoms with van der Waals surface area (Å²) in [5.41, 5.74) is 0. The molecule has 4 nitrogen and oxygen atoms in total. The normalized spacial score (nSPS) is 14.3. The minimum Gasteiger partial charge on any atom is -0.466 e. The van der Waals surface area contributed by atoms with Gasteiger partial charge in [-0.15, -0.1) is 0 Å². The monoisotopic (exact) mass is 306 g/mol. The quantitative estimate of drug-likeness (QED) is 0.581. The van der Waals surface area contributed by atoms with Crippen LogP contribution in [-0.2, 0) is 19.1 Å². The van der Waals surface area contributed by atoms with Gasteiger partial charge in [-0.25, -0.2) is 0 Å². The van der Waals surface area contributed by atoms with Crippen LogP contribution in [0.25, 0.3) is 0 Å². The van der Waals surface area contributed by atoms with Crippen LogP contribution in [0, 0.1) is 0 Å². The first-order valence-electron chi connectivity index (χ1n) is 8.60. The van der Waals surface area contributed by atoms with Crippen molar-refractivity contribution in [2.75, 3.05) is 13.2 Å². The molecule has 0 unspecified atom stereocenters. The van der Waals surface area contributed by atoms with Gasteiger partial charge < -0.3 is 9.47 Å². The van der Waals surface area contributed by atoms with Crippen LogP contribution >= 0.6 is 0 Å². The van der Waals surface area contributed by atoms with E-state index < -0.39 is 0 Å². The molecular weight excluding hydrogens is 268 g/mol. The largest absolute Gasteiger partial charge is 0.466 e. The average molecular weight is 306 g/mol. The number of carbonyl (C=O) groups excluding carboxylic acids is 2. The Hall–Kier alpha value is -1.06. The van der Waals surface area contributed by atoms with Crippen molar-refractivity contribution < 1.29 is 19.1 Å². The van der Waals surface area contributed by atoms with E-state index in [1.54, 1.807) is 0 Å². The van der Waals surface area contributed by atoms with Gasteiger partial charge in [0, 0.05) is 12.8 Å². The Bertz CT molecular complexity index is 175. The zero-order valence-electron chi connectivity index (χ0n) is 15.6. The molecule has 0 radical (unpaired) electrons. The molecule has 0 aromatic rings. The van der Waals surface area contributed by atoms with Crippen LogP contribution in [0.3, 0.4) is 0 Å². The van der Waals surface area contributed by atoms with Crippen molar-refractivity contribution in [3.63, 3.8) is 0 Å². The SMILES string of the molecule is CC.CC.CC.CC.O=C1CCCCO1.O=C1CCCO1. The van der Waals surface area contributed by atoms with Gasteiger partial charge >= 0.3 is 11.9 Å². The predicted molar refractivity (Wildman–Crippen MR) is 90.4 cm³/mol. The van der Waals surface area contributed by atoms with Gasteiger partial charge in [-0.1, -0.05) is 55.4 Å². The first kappa shape index (κ1) is 28.2. The van der Waals surface area contributed by atoms with Crippen molar-refractivity contribution in [1.29, 1.82) is 0 Å². The maximum atomic E-state index is 10.2. The molecule has 2 fully saturated rings. The molecule has 0 bridgehead atoms. The Morgan fingerprint density at radius 1 is 0.571 bits per heavy atom. The summed E-state index contributed by atoms with van der Waals surface area (Å²) in [6.07, 6.45) is 4.23. The molecule has 2 heterocycles. The minimum absolute atomic E-state index is 0.0359. The Labute approximate surface area is 132 Å². The molecule has 4 heteroatoms. The summed E-state index contributed by atoms with van der Waals surface area (Å²) in [4.78, 5) is 20.3. The zero-order valence-corrected chi connectivity index (χ0v) is 15.6. The van der Waals surface area contributed by atoms with Crippen LogP contribution < -0.4 is 0 Å². The number of carbonyl (C=O) groups is 2. The van der Waals surface area contributed by atoms with Gasteiger partial charge in [0.15, 0.2) is 0 Å². The Morgan fingerprint density at radius 3 is 1.05 bits per heavy atom. The fraction of sp³-hybridized carbons (Fsp3) is 0.882. The molecule has 2 aliphatic heterocycles. The summed E-state index contributed by atoms with van der Waals surface area (Å²) in [6.45, 7) is 17.3. The molecule has 0 aromatic heterocycles. The zero-order chi connectivity index (χ0) is 17.5. The molecule has 0 atom stereocenters. The van der Waals surface area contributed by atoms with E-state index in [-0.39, 0.29) is 11.9 Å². The number of ether oxygens (including phenoxy) is 2. The number of cyclic esters (lactones) is 2. The third kappa shape index (κ3) is 28.0. The van der Waals surface area contributed by atoms with Gasteiger partial charge in [-0.2, -0.15) is 0 Å². The summed E-state index contributed by atoms with van der Waals surface area (Å²) in [5, 5.41) is 0. The Balaban J connectivity index is -0.0000000944. The van der Waals surface area contributed by atoms with Gasteiger partial charge in [-0.3, -0.25) is 9.59 Å². The molecular formula is C17H38O4. The third-order valence-electron chi connectivity index (χ3n) is 1.83. The molecule has 21 heavy (non-hydrogen) atoms. The number of hydrogen-bond donors (Lipinski definition) is 0. The second-order valence-corrected chi connectivity index (χ2v) is 3.00. The first-order valence-corrected chi connectivity index (χ1v) is 8.60. The van der Waals surface area contributed by atoms with Crippen LogP contribution in [0.15, 0.2) is 0 Å². The maximum absolute atomic E-state index is 10.2. The fourth-order valence-corrected chi connectivity index (χ4v) is 1.10. The standard InChI is InChI=1S/C5H8O2.C4H6O2.4C2H6/c6-5-3-1-2-4-7-5;5-4-2-1-3-6-4;4*1-2/h1-4H2;1-3H2;4*1-2H3. The van der Waals surface area contributed by atoms with Crippen LogP contribution in [0.2, 0.25) is 0 Å². The van der Waals surface area contributed by atoms with Crippen molar-refractivity contribution in [3.05, 3.63) is 0 Å². The van der Waals surface area contributed by atoms with Gasteiger partial charge in [-0.05, 0) is 19.3 Å².